The number of benzene rings is 1. The fourth-order valence-corrected chi connectivity index (χ4v) is 6.42. The zero-order chi connectivity index (χ0) is 21.0. The quantitative estimate of drug-likeness (QED) is 0.615. The molecule has 1 aromatic carbocycles. The lowest BCUT2D eigenvalue weighted by Crippen LogP contribution is -2.39. The first kappa shape index (κ1) is 21.1. The molecular weight excluding hydrogens is 390 g/mol. The number of carbonyl (C=O) groups is 1. The molecule has 2 aliphatic carbocycles. The van der Waals surface area contributed by atoms with Gasteiger partial charge in [0.05, 0.1) is 22.4 Å². The second kappa shape index (κ2) is 9.31. The van der Waals surface area contributed by atoms with Crippen LogP contribution in [0.2, 0.25) is 0 Å². The van der Waals surface area contributed by atoms with Gasteiger partial charge >= 0.3 is 0 Å². The summed E-state index contributed by atoms with van der Waals surface area (Å²) in [6.07, 6.45) is 10.4. The number of allylic oxidation sites excluding steroid dienone is 3. The van der Waals surface area contributed by atoms with Gasteiger partial charge in [0.1, 0.15) is 0 Å². The van der Waals surface area contributed by atoms with Gasteiger partial charge in [-0.2, -0.15) is 5.26 Å². The molecule has 0 saturated heterocycles. The first-order valence-corrected chi connectivity index (χ1v) is 12.2. The molecule has 2 unspecified atom stereocenters. The van der Waals surface area contributed by atoms with Crippen LogP contribution < -0.4 is 10.6 Å². The van der Waals surface area contributed by atoms with Crippen LogP contribution in [0.15, 0.2) is 52.2 Å². The van der Waals surface area contributed by atoms with E-state index in [4.69, 9.17) is 0 Å². The lowest BCUT2D eigenvalue weighted by atomic mass is 9.60. The van der Waals surface area contributed by atoms with E-state index in [0.29, 0.717) is 11.7 Å². The van der Waals surface area contributed by atoms with Crippen molar-refractivity contribution in [3.63, 3.8) is 0 Å². The Morgan fingerprint density at radius 3 is 2.80 bits per heavy atom. The Hall–Kier alpha value is -2.19. The van der Waals surface area contributed by atoms with Gasteiger partial charge in [0.15, 0.2) is 0 Å². The summed E-state index contributed by atoms with van der Waals surface area (Å²) in [6.45, 7) is 2.33. The largest absolute Gasteiger partial charge is 0.353 e. The molecule has 0 bridgehead atoms. The van der Waals surface area contributed by atoms with Crippen LogP contribution in [0.1, 0.15) is 64.7 Å². The second-order valence-electron chi connectivity index (χ2n) is 8.95. The van der Waals surface area contributed by atoms with E-state index in [1.54, 1.807) is 0 Å². The summed E-state index contributed by atoms with van der Waals surface area (Å²) in [6, 6.07) is 12.1. The summed E-state index contributed by atoms with van der Waals surface area (Å²) >= 11 is 1.49. The Bertz CT molecular complexity index is 899. The van der Waals surface area contributed by atoms with Crippen LogP contribution in [0.25, 0.3) is 0 Å². The summed E-state index contributed by atoms with van der Waals surface area (Å²) in [5.74, 6) is 0.894. The van der Waals surface area contributed by atoms with Gasteiger partial charge in [-0.05, 0) is 62.1 Å². The van der Waals surface area contributed by atoms with Crippen molar-refractivity contribution >= 4 is 23.4 Å². The molecule has 1 spiro atoms. The third kappa shape index (κ3) is 4.30. The highest BCUT2D eigenvalue weighted by Crippen LogP contribution is 2.56. The molecule has 0 radical (unpaired) electrons. The summed E-state index contributed by atoms with van der Waals surface area (Å²) in [4.78, 5) is 12.5. The van der Waals surface area contributed by atoms with Gasteiger partial charge in [-0.25, -0.2) is 0 Å². The van der Waals surface area contributed by atoms with E-state index in [-0.39, 0.29) is 11.3 Å². The molecular formula is C25H31N3OS. The molecule has 4 nitrogen and oxygen atoms in total. The van der Waals surface area contributed by atoms with Crippen molar-refractivity contribution in [1.29, 1.82) is 5.26 Å². The van der Waals surface area contributed by atoms with Crippen LogP contribution in [0.5, 0.6) is 0 Å². The summed E-state index contributed by atoms with van der Waals surface area (Å²) in [7, 11) is 0. The van der Waals surface area contributed by atoms with E-state index in [9.17, 15) is 10.1 Å². The lowest BCUT2D eigenvalue weighted by Gasteiger charge is -2.46. The zero-order valence-electron chi connectivity index (χ0n) is 17.8. The fourth-order valence-electron chi connectivity index (χ4n) is 5.49. The Labute approximate surface area is 184 Å². The molecule has 1 aliphatic heterocycles. The minimum atomic E-state index is -0.115. The highest BCUT2D eigenvalue weighted by molar-refractivity contribution is 8.03. The highest BCUT2D eigenvalue weighted by atomic mass is 32.2. The van der Waals surface area contributed by atoms with E-state index in [1.165, 1.54) is 55.1 Å². The molecule has 1 heterocycles. The van der Waals surface area contributed by atoms with Crippen molar-refractivity contribution in [2.75, 3.05) is 11.1 Å². The number of nitrogens with one attached hydrogen (secondary N) is 2. The van der Waals surface area contributed by atoms with E-state index < -0.39 is 0 Å². The molecule has 4 rings (SSSR count). The third-order valence-electron chi connectivity index (χ3n) is 6.78. The molecule has 1 aromatic rings. The fraction of sp³-hybridized carbons (Fsp3) is 0.520. The smallest absolute Gasteiger partial charge is 0.234 e. The molecule has 0 aromatic heterocycles. The topological polar surface area (TPSA) is 64.9 Å². The maximum Gasteiger partial charge on any atom is 0.234 e. The highest BCUT2D eigenvalue weighted by Gasteiger charge is 2.46. The first-order chi connectivity index (χ1) is 14.6. The van der Waals surface area contributed by atoms with Crippen molar-refractivity contribution in [2.24, 2.45) is 11.3 Å². The normalized spacial score (nSPS) is 26.5. The van der Waals surface area contributed by atoms with E-state index in [2.05, 4.69) is 23.6 Å². The van der Waals surface area contributed by atoms with Crippen LogP contribution >= 0.6 is 11.8 Å². The van der Waals surface area contributed by atoms with E-state index >= 15 is 0 Å². The maximum atomic E-state index is 12.5. The van der Waals surface area contributed by atoms with Gasteiger partial charge in [0, 0.05) is 16.8 Å². The van der Waals surface area contributed by atoms with Gasteiger partial charge in [-0.3, -0.25) is 4.79 Å². The molecule has 158 valence electrons. The van der Waals surface area contributed by atoms with Crippen molar-refractivity contribution in [1.82, 2.24) is 5.32 Å². The van der Waals surface area contributed by atoms with Gasteiger partial charge < -0.3 is 10.6 Å². The summed E-state index contributed by atoms with van der Waals surface area (Å²) < 4.78 is 0. The maximum absolute atomic E-state index is 12.5. The number of dihydropyridines is 1. The van der Waals surface area contributed by atoms with Crippen molar-refractivity contribution in [3.05, 3.63) is 52.2 Å². The van der Waals surface area contributed by atoms with Gasteiger partial charge in [0.25, 0.3) is 0 Å². The molecule has 1 amide bonds. The number of thioether (sulfide) groups is 1. The first-order valence-electron chi connectivity index (χ1n) is 11.2. The number of nitrogens with zero attached hydrogens (tertiary/aromatic N) is 1. The lowest BCUT2D eigenvalue weighted by molar-refractivity contribution is -0.113. The Morgan fingerprint density at radius 2 is 2.03 bits per heavy atom. The predicted molar refractivity (Wildman–Crippen MR) is 123 cm³/mol. The van der Waals surface area contributed by atoms with Gasteiger partial charge in [0.2, 0.25) is 5.91 Å². The Balaban J connectivity index is 1.59. The average molecular weight is 422 g/mol. The molecule has 30 heavy (non-hydrogen) atoms. The van der Waals surface area contributed by atoms with E-state index in [0.717, 1.165) is 42.0 Å². The molecule has 5 heteroatoms. The number of nitriles is 1. The molecule has 2 atom stereocenters. The van der Waals surface area contributed by atoms with Crippen LogP contribution in [0.4, 0.5) is 5.69 Å². The third-order valence-corrected chi connectivity index (χ3v) is 7.78. The van der Waals surface area contributed by atoms with E-state index in [1.807, 2.05) is 30.3 Å². The standard InChI is InChI=1S/C25H31N3OS/c1-18-9-8-14-25(15-18)20-12-6-3-7-13-22(20)28-24(21(25)16-26)30-17-23(29)27-19-10-4-2-5-11-19/h2,4-5,10-11,18,28H,3,6-9,12-15,17H2,1H3,(H,27,29). The molecule has 3 aliphatic rings. The van der Waals surface area contributed by atoms with Crippen LogP contribution in [0, 0.1) is 22.7 Å². The number of amides is 1. The Kier molecular flexibility index (Phi) is 6.53. The van der Waals surface area contributed by atoms with Crippen LogP contribution in [-0.2, 0) is 4.79 Å². The zero-order valence-corrected chi connectivity index (χ0v) is 18.6. The number of hydrogen-bond acceptors (Lipinski definition) is 4. The molecule has 2 N–H and O–H groups in total. The molecule has 1 saturated carbocycles. The minimum Gasteiger partial charge on any atom is -0.353 e. The Morgan fingerprint density at radius 1 is 1.23 bits per heavy atom. The van der Waals surface area contributed by atoms with Crippen molar-refractivity contribution in [3.8, 4) is 6.07 Å². The van der Waals surface area contributed by atoms with Gasteiger partial charge in [-0.1, -0.05) is 56.1 Å². The second-order valence-corrected chi connectivity index (χ2v) is 9.93. The number of carbonyl (C=O) groups excluding carboxylic acids is 1. The summed E-state index contributed by atoms with van der Waals surface area (Å²) in [5, 5.41) is 17.7. The van der Waals surface area contributed by atoms with Crippen molar-refractivity contribution in [2.45, 2.75) is 64.7 Å². The predicted octanol–water partition coefficient (Wildman–Crippen LogP) is 6.11. The van der Waals surface area contributed by atoms with Crippen LogP contribution in [-0.4, -0.2) is 11.7 Å². The monoisotopic (exact) mass is 421 g/mol. The summed E-state index contributed by atoms with van der Waals surface area (Å²) in [5.41, 5.74) is 4.41. The number of rotatable bonds is 4. The van der Waals surface area contributed by atoms with Crippen molar-refractivity contribution < 1.29 is 4.79 Å². The number of para-hydroxylation sites is 1. The number of anilines is 1. The number of hydrogen-bond donors (Lipinski definition) is 2. The van der Waals surface area contributed by atoms with Crippen LogP contribution in [0.3, 0.4) is 0 Å². The SMILES string of the molecule is CC1CCCC2(C1)C(C#N)=C(SCC(=O)Nc1ccccc1)NC1=C2CCCCC1. The molecule has 1 fully saturated rings. The average Bonchev–Trinajstić information content (AvgIpc) is 2.99. The van der Waals surface area contributed by atoms with Gasteiger partial charge in [-0.15, -0.1) is 0 Å². The number of fused-ring (bicyclic) bond motifs is 1. The minimum absolute atomic E-state index is 0.0375.